The Hall–Kier alpha value is -2.85. The molecule has 0 unspecified atom stereocenters. The minimum absolute atomic E-state index is 0.0388. The van der Waals surface area contributed by atoms with Gasteiger partial charge in [0.2, 0.25) is 5.78 Å². The second-order valence-corrected chi connectivity index (χ2v) is 11.5. The van der Waals surface area contributed by atoms with Crippen LogP contribution in [0.15, 0.2) is 52.4 Å². The van der Waals surface area contributed by atoms with Gasteiger partial charge in [-0.25, -0.2) is 16.8 Å². The summed E-state index contributed by atoms with van der Waals surface area (Å²) in [6.45, 7) is 3.36. The van der Waals surface area contributed by atoms with Crippen molar-refractivity contribution in [1.29, 1.82) is 0 Å². The summed E-state index contributed by atoms with van der Waals surface area (Å²) in [6.07, 6.45) is 2.01. The number of fused-ring (bicyclic) bond motifs is 1. The topological polar surface area (TPSA) is 125 Å². The second kappa shape index (κ2) is 8.95. The molecule has 10 heteroatoms. The van der Waals surface area contributed by atoms with E-state index < -0.39 is 30.4 Å². The molecular weight excluding hydrogens is 452 g/mol. The van der Waals surface area contributed by atoms with Crippen LogP contribution in [0.2, 0.25) is 0 Å². The quantitative estimate of drug-likeness (QED) is 0.370. The molecule has 0 aliphatic carbocycles. The summed E-state index contributed by atoms with van der Waals surface area (Å²) in [5.74, 6) is -1.04. The van der Waals surface area contributed by atoms with Gasteiger partial charge >= 0.3 is 0 Å². The summed E-state index contributed by atoms with van der Waals surface area (Å²) >= 11 is 0. The number of ether oxygens (including phenoxy) is 1. The molecule has 172 valence electrons. The molecule has 2 N–H and O–H groups in total. The van der Waals surface area contributed by atoms with Crippen molar-refractivity contribution in [2.75, 3.05) is 24.3 Å². The van der Waals surface area contributed by atoms with Crippen molar-refractivity contribution in [2.24, 2.45) is 0 Å². The van der Waals surface area contributed by atoms with Gasteiger partial charge in [-0.05, 0) is 49.2 Å². The van der Waals surface area contributed by atoms with Crippen LogP contribution in [-0.4, -0.2) is 45.6 Å². The third-order valence-electron chi connectivity index (χ3n) is 5.01. The minimum Gasteiger partial charge on any atom is -0.495 e. The Morgan fingerprint density at radius 2 is 1.50 bits per heavy atom. The first-order valence-electron chi connectivity index (χ1n) is 10.2. The van der Waals surface area contributed by atoms with Gasteiger partial charge in [-0.2, -0.15) is 0 Å². The molecule has 0 aliphatic heterocycles. The molecule has 0 aliphatic rings. The van der Waals surface area contributed by atoms with Gasteiger partial charge in [0.25, 0.3) is 0 Å². The summed E-state index contributed by atoms with van der Waals surface area (Å²) in [5.41, 5.74) is 6.15. The fourth-order valence-corrected chi connectivity index (χ4v) is 7.67. The average Bonchev–Trinajstić information content (AvgIpc) is 3.11. The zero-order valence-electron chi connectivity index (χ0n) is 18.2. The first-order chi connectivity index (χ1) is 15.1. The molecule has 0 spiro atoms. The van der Waals surface area contributed by atoms with Crippen LogP contribution in [0, 0.1) is 0 Å². The normalized spacial score (nSPS) is 12.2. The number of rotatable bonds is 9. The van der Waals surface area contributed by atoms with E-state index in [0.29, 0.717) is 5.69 Å². The van der Waals surface area contributed by atoms with E-state index in [-0.39, 0.29) is 51.8 Å². The highest BCUT2D eigenvalue weighted by molar-refractivity contribution is 7.94. The van der Waals surface area contributed by atoms with Gasteiger partial charge < -0.3 is 14.9 Å². The number of hydrogen-bond donors (Lipinski definition) is 1. The number of benzene rings is 1. The van der Waals surface area contributed by atoms with Gasteiger partial charge in [-0.3, -0.25) is 4.79 Å². The van der Waals surface area contributed by atoms with Gasteiger partial charge in [-0.15, -0.1) is 0 Å². The third kappa shape index (κ3) is 4.12. The van der Waals surface area contributed by atoms with Crippen molar-refractivity contribution in [3.8, 4) is 5.75 Å². The van der Waals surface area contributed by atoms with E-state index in [2.05, 4.69) is 0 Å². The van der Waals surface area contributed by atoms with Crippen LogP contribution in [0.25, 0.3) is 5.52 Å². The molecule has 32 heavy (non-hydrogen) atoms. The number of nitrogens with two attached hydrogens (primary N) is 1. The van der Waals surface area contributed by atoms with Crippen molar-refractivity contribution < 1.29 is 26.4 Å². The number of aromatic nitrogens is 1. The number of nitrogens with zero attached hydrogens (tertiary/aromatic N) is 1. The highest BCUT2D eigenvalue weighted by Crippen LogP contribution is 2.39. The van der Waals surface area contributed by atoms with E-state index in [1.165, 1.54) is 48.0 Å². The predicted octanol–water partition coefficient (Wildman–Crippen LogP) is 3.13. The number of carbonyl (C=O) groups excluding carboxylic acids is 1. The van der Waals surface area contributed by atoms with Crippen molar-refractivity contribution in [3.63, 3.8) is 0 Å². The summed E-state index contributed by atoms with van der Waals surface area (Å²) in [7, 11) is -6.82. The van der Waals surface area contributed by atoms with Gasteiger partial charge in [0.1, 0.15) is 26.8 Å². The molecule has 0 bridgehead atoms. The molecule has 0 amide bonds. The summed E-state index contributed by atoms with van der Waals surface area (Å²) in [5, 5.41) is 0. The SMILES string of the molecule is CCCS(=O)(=O)c1c(S(=O)(=O)CCC)c2c(OC)cccn2c1C(=O)c1ccc(N)cc1. The first-order valence-corrected chi connectivity index (χ1v) is 13.5. The summed E-state index contributed by atoms with van der Waals surface area (Å²) < 4.78 is 60.2. The lowest BCUT2D eigenvalue weighted by Crippen LogP contribution is -2.17. The number of anilines is 1. The van der Waals surface area contributed by atoms with E-state index in [1.807, 2.05) is 0 Å². The maximum absolute atomic E-state index is 13.6. The van der Waals surface area contributed by atoms with Crippen molar-refractivity contribution in [1.82, 2.24) is 4.40 Å². The van der Waals surface area contributed by atoms with Crippen LogP contribution in [0.5, 0.6) is 5.75 Å². The first kappa shape index (κ1) is 23.8. The van der Waals surface area contributed by atoms with Crippen LogP contribution in [0.1, 0.15) is 42.7 Å². The number of pyridine rings is 1. The molecule has 3 aromatic rings. The molecule has 0 saturated carbocycles. The van der Waals surface area contributed by atoms with E-state index >= 15 is 0 Å². The Labute approximate surface area is 187 Å². The van der Waals surface area contributed by atoms with Crippen LogP contribution in [-0.2, 0) is 19.7 Å². The number of hydrogen-bond acceptors (Lipinski definition) is 7. The third-order valence-corrected chi connectivity index (χ3v) is 9.07. The van der Waals surface area contributed by atoms with Crippen molar-refractivity contribution in [3.05, 3.63) is 53.9 Å². The molecule has 0 fully saturated rings. The number of ketones is 1. The highest BCUT2D eigenvalue weighted by Gasteiger charge is 2.38. The zero-order valence-corrected chi connectivity index (χ0v) is 19.8. The maximum Gasteiger partial charge on any atom is 0.211 e. The molecule has 8 nitrogen and oxygen atoms in total. The van der Waals surface area contributed by atoms with E-state index in [4.69, 9.17) is 10.5 Å². The number of carbonyl (C=O) groups is 1. The fourth-order valence-electron chi connectivity index (χ4n) is 3.69. The zero-order chi connectivity index (χ0) is 23.7. The Morgan fingerprint density at radius 3 is 2.03 bits per heavy atom. The van der Waals surface area contributed by atoms with Crippen LogP contribution in [0.4, 0.5) is 5.69 Å². The summed E-state index contributed by atoms with van der Waals surface area (Å²) in [4.78, 5) is 12.7. The monoisotopic (exact) mass is 478 g/mol. The standard InChI is InChI=1S/C22H26N2O6S2/c1-4-13-31(26,27)21-18-17(30-3)7-6-12-24(18)19(22(21)32(28,29)14-5-2)20(25)15-8-10-16(23)11-9-15/h6-12H,4-5,13-14,23H2,1-3H3. The van der Waals surface area contributed by atoms with Crippen LogP contribution >= 0.6 is 0 Å². The van der Waals surface area contributed by atoms with Crippen LogP contribution in [0.3, 0.4) is 0 Å². The molecule has 0 atom stereocenters. The molecule has 1 aromatic carbocycles. The lowest BCUT2D eigenvalue weighted by molar-refractivity contribution is 0.103. The van der Waals surface area contributed by atoms with Gasteiger partial charge in [0.05, 0.1) is 18.6 Å². The molecule has 3 rings (SSSR count). The molecule has 0 saturated heterocycles. The molecular formula is C22H26N2O6S2. The lowest BCUT2D eigenvalue weighted by atomic mass is 10.1. The van der Waals surface area contributed by atoms with Crippen molar-refractivity contribution >= 4 is 36.7 Å². The van der Waals surface area contributed by atoms with Crippen molar-refractivity contribution in [2.45, 2.75) is 36.5 Å². The number of nitrogen functional groups attached to an aromatic ring is 1. The second-order valence-electron chi connectivity index (χ2n) is 7.39. The molecule has 2 heterocycles. The van der Waals surface area contributed by atoms with E-state index in [0.717, 1.165) is 0 Å². The smallest absolute Gasteiger partial charge is 0.211 e. The highest BCUT2D eigenvalue weighted by atomic mass is 32.2. The Morgan fingerprint density at radius 1 is 0.938 bits per heavy atom. The fraction of sp³-hybridized carbons (Fsp3) is 0.318. The Kier molecular flexibility index (Phi) is 6.66. The average molecular weight is 479 g/mol. The van der Waals surface area contributed by atoms with Gasteiger partial charge in [0, 0.05) is 17.4 Å². The Bertz CT molecular complexity index is 1370. The van der Waals surface area contributed by atoms with Gasteiger partial charge in [0.15, 0.2) is 19.7 Å². The summed E-state index contributed by atoms with van der Waals surface area (Å²) in [6, 6.07) is 9.12. The largest absolute Gasteiger partial charge is 0.495 e. The van der Waals surface area contributed by atoms with Gasteiger partial charge in [-0.1, -0.05) is 13.8 Å². The number of methoxy groups -OCH3 is 1. The molecule has 0 radical (unpaired) electrons. The predicted molar refractivity (Wildman–Crippen MR) is 123 cm³/mol. The van der Waals surface area contributed by atoms with E-state index in [1.54, 1.807) is 19.9 Å². The lowest BCUT2D eigenvalue weighted by Gasteiger charge is -2.09. The number of sulfone groups is 2. The van der Waals surface area contributed by atoms with Crippen LogP contribution < -0.4 is 10.5 Å². The Balaban J connectivity index is 2.56. The van der Waals surface area contributed by atoms with E-state index in [9.17, 15) is 21.6 Å². The minimum atomic E-state index is -4.12. The maximum atomic E-state index is 13.6. The molecule has 2 aromatic heterocycles.